The molecule has 0 aliphatic carbocycles. The van der Waals surface area contributed by atoms with E-state index in [0.717, 1.165) is 9.80 Å². The van der Waals surface area contributed by atoms with Crippen LogP contribution in [0.1, 0.15) is 29.8 Å². The molecule has 2 fully saturated rings. The van der Waals surface area contributed by atoms with Gasteiger partial charge in [-0.25, -0.2) is 9.69 Å². The van der Waals surface area contributed by atoms with Gasteiger partial charge in [0.15, 0.2) is 0 Å². The largest absolute Gasteiger partial charge is 0.465 e. The molecule has 8 heteroatoms. The minimum atomic E-state index is -2.22. The van der Waals surface area contributed by atoms with Crippen LogP contribution in [0.3, 0.4) is 0 Å². The molecule has 0 unspecified atom stereocenters. The van der Waals surface area contributed by atoms with Crippen molar-refractivity contribution in [3.63, 3.8) is 0 Å². The van der Waals surface area contributed by atoms with Crippen molar-refractivity contribution in [1.29, 1.82) is 0 Å². The van der Waals surface area contributed by atoms with Crippen molar-refractivity contribution in [3.05, 3.63) is 29.3 Å². The maximum atomic E-state index is 12.3. The number of aryl methyl sites for hydroxylation is 1. The van der Waals surface area contributed by atoms with E-state index >= 15 is 0 Å². The van der Waals surface area contributed by atoms with E-state index in [1.165, 1.54) is 32.4 Å². The summed E-state index contributed by atoms with van der Waals surface area (Å²) >= 11 is 0. The van der Waals surface area contributed by atoms with E-state index in [0.29, 0.717) is 5.56 Å². The molecule has 1 aromatic rings. The first-order chi connectivity index (χ1) is 11.8. The number of anilines is 1. The van der Waals surface area contributed by atoms with Crippen LogP contribution in [0.25, 0.3) is 0 Å². The van der Waals surface area contributed by atoms with E-state index in [1.54, 1.807) is 6.92 Å². The topological polar surface area (TPSA) is 101 Å². The van der Waals surface area contributed by atoms with Gasteiger partial charge in [-0.3, -0.25) is 24.1 Å². The third-order valence-electron chi connectivity index (χ3n) is 4.04. The fourth-order valence-corrected chi connectivity index (χ4v) is 2.83. The molecule has 3 rings (SSSR count). The summed E-state index contributed by atoms with van der Waals surface area (Å²) < 4.78 is 4.61. The molecule has 2 aliphatic rings. The van der Waals surface area contributed by atoms with Gasteiger partial charge in [-0.2, -0.15) is 0 Å². The Bertz CT molecular complexity index is 779. The minimum absolute atomic E-state index is 0.126. The molecule has 1 aromatic carbocycles. The van der Waals surface area contributed by atoms with Crippen LogP contribution in [0.4, 0.5) is 5.69 Å². The number of nitrogens with zero attached hydrogens (tertiary/aromatic N) is 2. The van der Waals surface area contributed by atoms with Gasteiger partial charge in [0, 0.05) is 7.05 Å². The summed E-state index contributed by atoms with van der Waals surface area (Å²) in [4.78, 5) is 61.4. The lowest BCUT2D eigenvalue weighted by molar-refractivity contribution is -0.184. The summed E-state index contributed by atoms with van der Waals surface area (Å²) in [6, 6.07) is 4.35. The number of hydrogen-bond donors (Lipinski definition) is 0. The van der Waals surface area contributed by atoms with Gasteiger partial charge in [0.1, 0.15) is 0 Å². The number of benzene rings is 1. The molecule has 132 valence electrons. The van der Waals surface area contributed by atoms with Crippen LogP contribution in [-0.4, -0.2) is 48.7 Å². The van der Waals surface area contributed by atoms with Gasteiger partial charge in [0.05, 0.1) is 18.4 Å². The maximum absolute atomic E-state index is 12.3. The number of carbonyl (C=O) groups is 5. The Balaban J connectivity index is 0.00000109. The number of likely N-dealkylation sites (tertiary alicyclic amines) is 1. The average Bonchev–Trinajstić information content (AvgIpc) is 2.62. The van der Waals surface area contributed by atoms with E-state index in [4.69, 9.17) is 0 Å². The quantitative estimate of drug-likeness (QED) is 0.443. The summed E-state index contributed by atoms with van der Waals surface area (Å²) in [5.41, 5.74) is -1.31. The third-order valence-corrected chi connectivity index (χ3v) is 4.04. The molecule has 2 heterocycles. The number of rotatable bonds is 2. The standard InChI is InChI=1S/C15H12N2O6.C2H6/c1-7-4-8(10(18)23-3)6-9(5-7)17-13(21)15(14(17)22)11(19)16(2)12(15)20;1-2/h4-6H,1-3H3;1-2H3. The van der Waals surface area contributed by atoms with Gasteiger partial charge >= 0.3 is 5.97 Å². The highest BCUT2D eigenvalue weighted by Gasteiger charge is 2.79. The Labute approximate surface area is 144 Å². The van der Waals surface area contributed by atoms with E-state index in [1.807, 2.05) is 13.8 Å². The summed E-state index contributed by atoms with van der Waals surface area (Å²) in [7, 11) is 2.42. The lowest BCUT2D eigenvalue weighted by Gasteiger charge is -2.51. The number of ether oxygens (including phenoxy) is 1. The van der Waals surface area contributed by atoms with Crippen molar-refractivity contribution in [2.45, 2.75) is 20.8 Å². The first-order valence-corrected chi connectivity index (χ1v) is 7.68. The molecule has 0 N–H and O–H groups in total. The number of hydrogen-bond acceptors (Lipinski definition) is 6. The van der Waals surface area contributed by atoms with Crippen molar-refractivity contribution in [3.8, 4) is 0 Å². The Morgan fingerprint density at radius 3 is 1.96 bits per heavy atom. The van der Waals surface area contributed by atoms with Gasteiger partial charge in [0.2, 0.25) is 0 Å². The number of methoxy groups -OCH3 is 1. The fourth-order valence-electron chi connectivity index (χ4n) is 2.83. The first-order valence-electron chi connectivity index (χ1n) is 7.68. The van der Waals surface area contributed by atoms with Gasteiger partial charge in [-0.05, 0) is 30.7 Å². The predicted molar refractivity (Wildman–Crippen MR) is 86.6 cm³/mol. The second-order valence-corrected chi connectivity index (χ2v) is 5.41. The highest BCUT2D eigenvalue weighted by Crippen LogP contribution is 2.46. The maximum Gasteiger partial charge on any atom is 0.337 e. The highest BCUT2D eigenvalue weighted by molar-refractivity contribution is 6.59. The van der Waals surface area contributed by atoms with Crippen LogP contribution in [0.2, 0.25) is 0 Å². The highest BCUT2D eigenvalue weighted by atomic mass is 16.5. The second kappa shape index (κ2) is 6.12. The number of amides is 4. The fraction of sp³-hybridized carbons (Fsp3) is 0.353. The van der Waals surface area contributed by atoms with Crippen molar-refractivity contribution in [2.24, 2.45) is 5.41 Å². The van der Waals surface area contributed by atoms with E-state index < -0.39 is 35.0 Å². The molecule has 25 heavy (non-hydrogen) atoms. The molecule has 0 bridgehead atoms. The molecule has 0 radical (unpaired) electrons. The number of imide groups is 2. The summed E-state index contributed by atoms with van der Waals surface area (Å²) in [6.45, 7) is 5.67. The van der Waals surface area contributed by atoms with Crippen LogP contribution < -0.4 is 4.90 Å². The average molecular weight is 346 g/mol. The number of esters is 1. The molecular formula is C17H18N2O6. The number of carbonyl (C=O) groups excluding carboxylic acids is 5. The van der Waals surface area contributed by atoms with Gasteiger partial charge in [-0.1, -0.05) is 13.8 Å². The zero-order chi connectivity index (χ0) is 19.1. The normalized spacial score (nSPS) is 17.6. The molecule has 2 aliphatic heterocycles. The zero-order valence-electron chi connectivity index (χ0n) is 14.6. The Morgan fingerprint density at radius 1 is 0.960 bits per heavy atom. The van der Waals surface area contributed by atoms with Gasteiger partial charge in [-0.15, -0.1) is 0 Å². The minimum Gasteiger partial charge on any atom is -0.465 e. The Hall–Kier alpha value is -3.03. The van der Waals surface area contributed by atoms with Gasteiger partial charge in [0.25, 0.3) is 29.0 Å². The van der Waals surface area contributed by atoms with Crippen LogP contribution in [0, 0.1) is 12.3 Å². The Kier molecular flexibility index (Phi) is 4.48. The van der Waals surface area contributed by atoms with Crippen molar-refractivity contribution >= 4 is 35.3 Å². The SMILES string of the molecule is CC.COC(=O)c1cc(C)cc(N2C(=O)C3(C(=O)N(C)C3=O)C2=O)c1. The smallest absolute Gasteiger partial charge is 0.337 e. The van der Waals surface area contributed by atoms with Crippen LogP contribution >= 0.6 is 0 Å². The van der Waals surface area contributed by atoms with Crippen molar-refractivity contribution in [1.82, 2.24) is 4.90 Å². The van der Waals surface area contributed by atoms with Crippen molar-refractivity contribution in [2.75, 3.05) is 19.1 Å². The summed E-state index contributed by atoms with van der Waals surface area (Å²) in [6.07, 6.45) is 0. The van der Waals surface area contributed by atoms with Crippen LogP contribution in [0.15, 0.2) is 18.2 Å². The van der Waals surface area contributed by atoms with Crippen LogP contribution in [0.5, 0.6) is 0 Å². The third kappa shape index (κ3) is 2.17. The van der Waals surface area contributed by atoms with Crippen molar-refractivity contribution < 1.29 is 28.7 Å². The molecule has 0 aromatic heterocycles. The second-order valence-electron chi connectivity index (χ2n) is 5.41. The molecule has 0 atom stereocenters. The summed E-state index contributed by atoms with van der Waals surface area (Å²) in [5, 5.41) is 0. The zero-order valence-corrected chi connectivity index (χ0v) is 14.6. The molecule has 2 saturated heterocycles. The molecule has 4 amide bonds. The lowest BCUT2D eigenvalue weighted by atomic mass is 9.69. The van der Waals surface area contributed by atoms with E-state index in [2.05, 4.69) is 4.74 Å². The Morgan fingerprint density at radius 2 is 1.48 bits per heavy atom. The predicted octanol–water partition coefficient (Wildman–Crippen LogP) is 0.666. The first kappa shape index (κ1) is 18.3. The van der Waals surface area contributed by atoms with E-state index in [9.17, 15) is 24.0 Å². The number of β-lactam (4-membered cyclic amide) rings is 4. The molecular weight excluding hydrogens is 328 g/mol. The molecule has 8 nitrogen and oxygen atoms in total. The molecule has 1 spiro atoms. The van der Waals surface area contributed by atoms with Gasteiger partial charge < -0.3 is 4.74 Å². The van der Waals surface area contributed by atoms with E-state index in [-0.39, 0.29) is 11.3 Å². The monoisotopic (exact) mass is 346 g/mol. The summed E-state index contributed by atoms with van der Waals surface area (Å²) in [5.74, 6) is -4.06. The lowest BCUT2D eigenvalue weighted by Crippen LogP contribution is -2.83. The van der Waals surface area contributed by atoms with Crippen LogP contribution in [-0.2, 0) is 23.9 Å². The molecule has 0 saturated carbocycles.